The first-order valence-corrected chi connectivity index (χ1v) is 9.67. The van der Waals surface area contributed by atoms with E-state index in [4.69, 9.17) is 4.98 Å². The maximum absolute atomic E-state index is 12.6. The van der Waals surface area contributed by atoms with Crippen molar-refractivity contribution < 1.29 is 5.11 Å². The lowest BCUT2D eigenvalue weighted by molar-refractivity contribution is 0.169. The molecule has 1 saturated carbocycles. The van der Waals surface area contributed by atoms with E-state index in [2.05, 4.69) is 15.0 Å². The van der Waals surface area contributed by atoms with Gasteiger partial charge in [0.25, 0.3) is 0 Å². The molecule has 7 nitrogen and oxygen atoms in total. The molecule has 4 aromatic rings. The predicted molar refractivity (Wildman–Crippen MR) is 107 cm³/mol. The van der Waals surface area contributed by atoms with Crippen LogP contribution < -0.4 is 5.69 Å². The Kier molecular flexibility index (Phi) is 4.16. The summed E-state index contributed by atoms with van der Waals surface area (Å²) in [6, 6.07) is 9.94. The van der Waals surface area contributed by atoms with Crippen molar-refractivity contribution in [1.29, 1.82) is 0 Å². The highest BCUT2D eigenvalue weighted by molar-refractivity contribution is 5.93. The van der Waals surface area contributed by atoms with Crippen molar-refractivity contribution in [3.8, 4) is 11.3 Å². The molecule has 7 heteroatoms. The van der Waals surface area contributed by atoms with Crippen molar-refractivity contribution in [2.45, 2.75) is 31.7 Å². The van der Waals surface area contributed by atoms with E-state index >= 15 is 0 Å². The summed E-state index contributed by atoms with van der Waals surface area (Å²) >= 11 is 0. The van der Waals surface area contributed by atoms with Gasteiger partial charge in [-0.2, -0.15) is 0 Å². The molecule has 3 aromatic heterocycles. The van der Waals surface area contributed by atoms with Crippen LogP contribution in [0.3, 0.4) is 0 Å². The van der Waals surface area contributed by atoms with Gasteiger partial charge in [0, 0.05) is 29.8 Å². The predicted octanol–water partition coefficient (Wildman–Crippen LogP) is 3.06. The van der Waals surface area contributed by atoms with E-state index in [0.29, 0.717) is 17.2 Å². The number of hydrogen-bond donors (Lipinski definition) is 2. The molecule has 142 valence electrons. The molecular weight excluding hydrogens is 354 g/mol. The van der Waals surface area contributed by atoms with Crippen LogP contribution in [0.4, 0.5) is 0 Å². The molecule has 5 rings (SSSR count). The Hall–Kier alpha value is -3.06. The largest absolute Gasteiger partial charge is 0.396 e. The minimum Gasteiger partial charge on any atom is -0.396 e. The number of nitrogens with one attached hydrogen (secondary N) is 1. The normalized spacial score (nSPS) is 20.0. The van der Waals surface area contributed by atoms with Crippen molar-refractivity contribution in [1.82, 2.24) is 24.5 Å². The third kappa shape index (κ3) is 2.79. The molecule has 2 N–H and O–H groups in total. The van der Waals surface area contributed by atoms with Gasteiger partial charge in [-0.3, -0.25) is 14.5 Å². The fraction of sp³-hybridized carbons (Fsp3) is 0.333. The summed E-state index contributed by atoms with van der Waals surface area (Å²) in [4.78, 5) is 29.2. The monoisotopic (exact) mass is 375 g/mol. The summed E-state index contributed by atoms with van der Waals surface area (Å²) in [5.41, 5.74) is 3.51. The summed E-state index contributed by atoms with van der Waals surface area (Å²) in [5, 5.41) is 10.4. The number of hydrogen-bond acceptors (Lipinski definition) is 5. The van der Waals surface area contributed by atoms with Crippen LogP contribution in [0.1, 0.15) is 31.7 Å². The molecule has 0 bridgehead atoms. The van der Waals surface area contributed by atoms with Gasteiger partial charge in [-0.05, 0) is 43.7 Å². The minimum atomic E-state index is -0.167. The Balaban J connectivity index is 1.62. The number of aliphatic hydroxyl groups is 1. The first-order chi connectivity index (χ1) is 13.7. The highest BCUT2D eigenvalue weighted by Crippen LogP contribution is 2.33. The van der Waals surface area contributed by atoms with Crippen LogP contribution in [-0.2, 0) is 0 Å². The molecule has 0 aliphatic heterocycles. The van der Waals surface area contributed by atoms with Gasteiger partial charge in [0.1, 0.15) is 0 Å². The Morgan fingerprint density at radius 1 is 1.11 bits per heavy atom. The van der Waals surface area contributed by atoms with E-state index < -0.39 is 0 Å². The maximum atomic E-state index is 12.6. The molecule has 0 saturated heterocycles. The van der Waals surface area contributed by atoms with E-state index in [1.165, 1.54) is 0 Å². The first kappa shape index (κ1) is 17.1. The highest BCUT2D eigenvalue weighted by atomic mass is 16.3. The second kappa shape index (κ2) is 6.83. The minimum absolute atomic E-state index is 0.0859. The van der Waals surface area contributed by atoms with Crippen LogP contribution in [0.5, 0.6) is 0 Å². The van der Waals surface area contributed by atoms with Gasteiger partial charge in [-0.1, -0.05) is 18.2 Å². The average Bonchev–Trinajstić information content (AvgIpc) is 3.08. The molecular formula is C21H21N5O2. The summed E-state index contributed by atoms with van der Waals surface area (Å²) < 4.78 is 1.75. The smallest absolute Gasteiger partial charge is 0.329 e. The SMILES string of the molecule is O=c1[nH]c2ncc(-c3cccc4ncccc34)nc2n1C1CCC(CO)CC1. The van der Waals surface area contributed by atoms with Gasteiger partial charge in [0.15, 0.2) is 11.3 Å². The number of benzene rings is 1. The molecule has 0 amide bonds. The summed E-state index contributed by atoms with van der Waals surface area (Å²) in [6.07, 6.45) is 7.04. The Labute approximate surface area is 161 Å². The lowest BCUT2D eigenvalue weighted by Gasteiger charge is -2.27. The van der Waals surface area contributed by atoms with Crippen LogP contribution in [0.25, 0.3) is 33.5 Å². The summed E-state index contributed by atoms with van der Waals surface area (Å²) in [7, 11) is 0. The van der Waals surface area contributed by atoms with E-state index in [1.807, 2.05) is 30.3 Å². The van der Waals surface area contributed by atoms with Crippen molar-refractivity contribution in [3.63, 3.8) is 0 Å². The third-order valence-corrected chi connectivity index (χ3v) is 5.79. The fourth-order valence-electron chi connectivity index (χ4n) is 4.27. The van der Waals surface area contributed by atoms with Crippen molar-refractivity contribution in [2.24, 2.45) is 5.92 Å². The number of imidazole rings is 1. The molecule has 1 aliphatic rings. The lowest BCUT2D eigenvalue weighted by atomic mass is 9.86. The average molecular weight is 375 g/mol. The maximum Gasteiger partial charge on any atom is 0.329 e. The van der Waals surface area contributed by atoms with Crippen molar-refractivity contribution in [3.05, 3.63) is 53.2 Å². The van der Waals surface area contributed by atoms with Gasteiger partial charge in [-0.15, -0.1) is 0 Å². The standard InChI is InChI=1S/C21H21N5O2/c27-12-13-6-8-14(9-7-13)26-20-19(25-21(26)28)23-11-18(24-20)16-3-1-5-17-15(16)4-2-10-22-17/h1-5,10-11,13-14,27H,6-9,12H2,(H,23,25,28). The number of aliphatic hydroxyl groups excluding tert-OH is 1. The van der Waals surface area contributed by atoms with Crippen molar-refractivity contribution >= 4 is 22.2 Å². The van der Waals surface area contributed by atoms with Crippen LogP contribution in [0.2, 0.25) is 0 Å². The van der Waals surface area contributed by atoms with E-state index in [0.717, 1.165) is 47.8 Å². The number of aromatic amines is 1. The van der Waals surface area contributed by atoms with Crippen LogP contribution in [-0.4, -0.2) is 36.2 Å². The van der Waals surface area contributed by atoms with E-state index in [9.17, 15) is 9.90 Å². The van der Waals surface area contributed by atoms with Gasteiger partial charge < -0.3 is 5.11 Å². The van der Waals surface area contributed by atoms with Crippen LogP contribution in [0, 0.1) is 5.92 Å². The Morgan fingerprint density at radius 3 is 2.79 bits per heavy atom. The zero-order valence-corrected chi connectivity index (χ0v) is 15.4. The number of rotatable bonds is 3. The number of fused-ring (bicyclic) bond motifs is 2. The van der Waals surface area contributed by atoms with Gasteiger partial charge in [0.05, 0.1) is 17.4 Å². The highest BCUT2D eigenvalue weighted by Gasteiger charge is 2.25. The van der Waals surface area contributed by atoms with Crippen LogP contribution in [0.15, 0.2) is 47.5 Å². The zero-order valence-electron chi connectivity index (χ0n) is 15.4. The number of pyridine rings is 1. The van der Waals surface area contributed by atoms with Crippen molar-refractivity contribution in [2.75, 3.05) is 6.61 Å². The quantitative estimate of drug-likeness (QED) is 0.574. The molecule has 1 fully saturated rings. The number of nitrogens with zero attached hydrogens (tertiary/aromatic N) is 4. The van der Waals surface area contributed by atoms with E-state index in [-0.39, 0.29) is 18.3 Å². The molecule has 1 aliphatic carbocycles. The molecule has 1 aromatic carbocycles. The second-order valence-electron chi connectivity index (χ2n) is 7.46. The molecule has 0 spiro atoms. The lowest BCUT2D eigenvalue weighted by Crippen LogP contribution is -2.27. The molecule has 0 unspecified atom stereocenters. The third-order valence-electron chi connectivity index (χ3n) is 5.79. The van der Waals surface area contributed by atoms with E-state index in [1.54, 1.807) is 17.0 Å². The van der Waals surface area contributed by atoms with Gasteiger partial charge >= 0.3 is 5.69 Å². The molecule has 28 heavy (non-hydrogen) atoms. The fourth-order valence-corrected chi connectivity index (χ4v) is 4.27. The Morgan fingerprint density at radius 2 is 1.96 bits per heavy atom. The first-order valence-electron chi connectivity index (χ1n) is 9.67. The molecule has 0 radical (unpaired) electrons. The Bertz CT molecular complexity index is 1200. The molecule has 0 atom stereocenters. The van der Waals surface area contributed by atoms with Gasteiger partial charge in [0.2, 0.25) is 0 Å². The number of H-pyrrole nitrogens is 1. The molecule has 3 heterocycles. The topological polar surface area (TPSA) is 96.7 Å². The summed E-state index contributed by atoms with van der Waals surface area (Å²) in [6.45, 7) is 0.217. The number of aromatic nitrogens is 5. The van der Waals surface area contributed by atoms with Crippen LogP contribution >= 0.6 is 0 Å². The summed E-state index contributed by atoms with van der Waals surface area (Å²) in [5.74, 6) is 0.335. The van der Waals surface area contributed by atoms with Gasteiger partial charge in [-0.25, -0.2) is 14.8 Å². The second-order valence-corrected chi connectivity index (χ2v) is 7.46. The zero-order chi connectivity index (χ0) is 19.1.